The molecule has 0 radical (unpaired) electrons. The summed E-state index contributed by atoms with van der Waals surface area (Å²) in [7, 11) is 0. The van der Waals surface area contributed by atoms with Crippen LogP contribution in [0, 0.1) is 12.7 Å². The van der Waals surface area contributed by atoms with E-state index in [9.17, 15) is 9.18 Å². The van der Waals surface area contributed by atoms with Crippen molar-refractivity contribution in [3.05, 3.63) is 39.9 Å². The van der Waals surface area contributed by atoms with Gasteiger partial charge in [0, 0.05) is 5.56 Å². The van der Waals surface area contributed by atoms with E-state index in [4.69, 9.17) is 0 Å². The number of carbonyl (C=O) groups excluding carboxylic acids is 1. The normalized spacial score (nSPS) is 10.3. The van der Waals surface area contributed by atoms with E-state index in [1.54, 1.807) is 6.92 Å². The molecule has 88 valence electrons. The molecule has 0 atom stereocenters. The lowest BCUT2D eigenvalue weighted by Crippen LogP contribution is -2.13. The zero-order chi connectivity index (χ0) is 12.4. The number of halogens is 2. The molecule has 0 fully saturated rings. The summed E-state index contributed by atoms with van der Waals surface area (Å²) in [5, 5.41) is 8.79. The fraction of sp³-hybridized carbons (Fsp3) is 0.100. The first-order valence-electron chi connectivity index (χ1n) is 4.71. The van der Waals surface area contributed by atoms with Crippen LogP contribution in [-0.4, -0.2) is 21.1 Å². The van der Waals surface area contributed by atoms with Gasteiger partial charge in [-0.15, -0.1) is 5.10 Å². The number of nitrogens with one attached hydrogen (secondary N) is 2. The van der Waals surface area contributed by atoms with E-state index < -0.39 is 11.7 Å². The molecule has 1 aromatic carbocycles. The largest absolute Gasteiger partial charge is 0.289 e. The average Bonchev–Trinajstić information content (AvgIpc) is 2.68. The highest BCUT2D eigenvalue weighted by Gasteiger charge is 2.10. The van der Waals surface area contributed by atoms with Gasteiger partial charge in [-0.1, -0.05) is 0 Å². The molecule has 7 heteroatoms. The van der Waals surface area contributed by atoms with Crippen molar-refractivity contribution in [2.45, 2.75) is 6.92 Å². The number of hydrogen-bond donors (Lipinski definition) is 2. The van der Waals surface area contributed by atoms with Gasteiger partial charge in [-0.2, -0.15) is 4.98 Å². The molecule has 1 aromatic heterocycles. The van der Waals surface area contributed by atoms with E-state index in [1.807, 2.05) is 0 Å². The molecule has 2 N–H and O–H groups in total. The first kappa shape index (κ1) is 11.7. The van der Waals surface area contributed by atoms with Gasteiger partial charge in [0.1, 0.15) is 11.6 Å². The average molecular weight is 299 g/mol. The van der Waals surface area contributed by atoms with E-state index in [0.29, 0.717) is 10.3 Å². The molecule has 0 spiro atoms. The van der Waals surface area contributed by atoms with Crippen LogP contribution in [0.5, 0.6) is 0 Å². The number of aromatic nitrogens is 3. The Balaban J connectivity index is 2.17. The number of rotatable bonds is 2. The Morgan fingerprint density at radius 3 is 2.88 bits per heavy atom. The highest BCUT2D eigenvalue weighted by molar-refractivity contribution is 9.10. The van der Waals surface area contributed by atoms with Crippen LogP contribution >= 0.6 is 15.9 Å². The third kappa shape index (κ3) is 2.68. The molecule has 5 nitrogen and oxygen atoms in total. The van der Waals surface area contributed by atoms with Gasteiger partial charge < -0.3 is 0 Å². The molecule has 0 bridgehead atoms. The minimum atomic E-state index is -0.496. The summed E-state index contributed by atoms with van der Waals surface area (Å²) in [4.78, 5) is 15.6. The number of aromatic amines is 1. The second-order valence-corrected chi connectivity index (χ2v) is 4.18. The van der Waals surface area contributed by atoms with Gasteiger partial charge >= 0.3 is 0 Å². The number of nitrogens with zero attached hydrogens (tertiary/aromatic N) is 2. The third-order valence-electron chi connectivity index (χ3n) is 2.00. The van der Waals surface area contributed by atoms with Gasteiger partial charge in [0.05, 0.1) is 4.47 Å². The monoisotopic (exact) mass is 298 g/mol. The van der Waals surface area contributed by atoms with Gasteiger partial charge in [-0.3, -0.25) is 15.2 Å². The summed E-state index contributed by atoms with van der Waals surface area (Å²) < 4.78 is 13.5. The number of H-pyrrole nitrogens is 1. The summed E-state index contributed by atoms with van der Waals surface area (Å²) in [6.07, 6.45) is 0. The van der Waals surface area contributed by atoms with Crippen LogP contribution in [0.15, 0.2) is 22.7 Å². The van der Waals surface area contributed by atoms with Crippen molar-refractivity contribution in [1.29, 1.82) is 0 Å². The molecule has 0 saturated carbocycles. The Labute approximate surface area is 105 Å². The molecule has 2 rings (SSSR count). The van der Waals surface area contributed by atoms with Crippen LogP contribution in [0.1, 0.15) is 16.2 Å². The highest BCUT2D eigenvalue weighted by Crippen LogP contribution is 2.16. The van der Waals surface area contributed by atoms with Gasteiger partial charge in [0.2, 0.25) is 5.95 Å². The van der Waals surface area contributed by atoms with E-state index in [-0.39, 0.29) is 11.5 Å². The summed E-state index contributed by atoms with van der Waals surface area (Å²) in [5.74, 6) is -0.211. The predicted octanol–water partition coefficient (Wildman–Crippen LogP) is 2.27. The number of benzene rings is 1. The lowest BCUT2D eigenvalue weighted by Gasteiger charge is -2.01. The number of anilines is 1. The van der Waals surface area contributed by atoms with Crippen molar-refractivity contribution in [3.63, 3.8) is 0 Å². The summed E-state index contributed by atoms with van der Waals surface area (Å²) >= 11 is 3.01. The maximum Gasteiger partial charge on any atom is 0.258 e. The molecule has 0 aliphatic rings. The predicted molar refractivity (Wildman–Crippen MR) is 63.2 cm³/mol. The SMILES string of the molecule is Cc1nc(NC(=O)c2ccc(Br)c(F)c2)n[nH]1. The molecule has 0 saturated heterocycles. The van der Waals surface area contributed by atoms with E-state index >= 15 is 0 Å². The first-order valence-corrected chi connectivity index (χ1v) is 5.51. The Bertz CT molecular complexity index is 569. The minimum Gasteiger partial charge on any atom is -0.289 e. The quantitative estimate of drug-likeness (QED) is 0.893. The van der Waals surface area contributed by atoms with Gasteiger partial charge in [-0.05, 0) is 41.1 Å². The lowest BCUT2D eigenvalue weighted by atomic mass is 10.2. The summed E-state index contributed by atoms with van der Waals surface area (Å²) in [5.41, 5.74) is 0.202. The topological polar surface area (TPSA) is 70.7 Å². The molecule has 1 amide bonds. The van der Waals surface area contributed by atoms with Crippen molar-refractivity contribution in [3.8, 4) is 0 Å². The molecule has 0 aliphatic heterocycles. The molecule has 17 heavy (non-hydrogen) atoms. The minimum absolute atomic E-state index is 0.163. The zero-order valence-electron chi connectivity index (χ0n) is 8.79. The van der Waals surface area contributed by atoms with Gasteiger partial charge in [0.25, 0.3) is 5.91 Å². The second kappa shape index (κ2) is 4.62. The van der Waals surface area contributed by atoms with Crippen molar-refractivity contribution < 1.29 is 9.18 Å². The van der Waals surface area contributed by atoms with Gasteiger partial charge in [-0.25, -0.2) is 4.39 Å². The van der Waals surface area contributed by atoms with Crippen LogP contribution in [0.4, 0.5) is 10.3 Å². The lowest BCUT2D eigenvalue weighted by molar-refractivity contribution is 0.102. The Morgan fingerprint density at radius 1 is 1.53 bits per heavy atom. The fourth-order valence-corrected chi connectivity index (χ4v) is 1.46. The van der Waals surface area contributed by atoms with Crippen molar-refractivity contribution in [1.82, 2.24) is 15.2 Å². The highest BCUT2D eigenvalue weighted by atomic mass is 79.9. The second-order valence-electron chi connectivity index (χ2n) is 3.33. The summed E-state index contributed by atoms with van der Waals surface area (Å²) in [6, 6.07) is 4.11. The van der Waals surface area contributed by atoms with Crippen molar-refractivity contribution >= 4 is 27.8 Å². The first-order chi connectivity index (χ1) is 8.06. The Kier molecular flexibility index (Phi) is 3.19. The van der Waals surface area contributed by atoms with Crippen LogP contribution in [0.3, 0.4) is 0 Å². The molecule has 0 unspecified atom stereocenters. The molecule has 2 aromatic rings. The number of amides is 1. The Morgan fingerprint density at radius 2 is 2.29 bits per heavy atom. The maximum atomic E-state index is 13.2. The van der Waals surface area contributed by atoms with E-state index in [1.165, 1.54) is 12.1 Å². The van der Waals surface area contributed by atoms with Crippen molar-refractivity contribution in [2.24, 2.45) is 0 Å². The number of hydrogen-bond acceptors (Lipinski definition) is 3. The molecule has 0 aliphatic carbocycles. The third-order valence-corrected chi connectivity index (χ3v) is 2.65. The van der Waals surface area contributed by atoms with E-state index in [0.717, 1.165) is 6.07 Å². The number of carbonyl (C=O) groups is 1. The Hall–Kier alpha value is -1.76. The van der Waals surface area contributed by atoms with Gasteiger partial charge in [0.15, 0.2) is 0 Å². The summed E-state index contributed by atoms with van der Waals surface area (Å²) in [6.45, 7) is 1.71. The van der Waals surface area contributed by atoms with Crippen LogP contribution in [-0.2, 0) is 0 Å². The molecular formula is C10H8BrFN4O. The fourth-order valence-electron chi connectivity index (χ4n) is 1.21. The molecular weight excluding hydrogens is 291 g/mol. The number of aryl methyl sites for hydroxylation is 1. The maximum absolute atomic E-state index is 13.2. The zero-order valence-corrected chi connectivity index (χ0v) is 10.4. The standard InChI is InChI=1S/C10H8BrFN4O/c1-5-13-10(16-15-5)14-9(17)6-2-3-7(11)8(12)4-6/h2-4H,1H3,(H2,13,14,15,16,17). The van der Waals surface area contributed by atoms with Crippen molar-refractivity contribution in [2.75, 3.05) is 5.32 Å². The smallest absolute Gasteiger partial charge is 0.258 e. The van der Waals surface area contributed by atoms with Crippen LogP contribution < -0.4 is 5.32 Å². The van der Waals surface area contributed by atoms with E-state index in [2.05, 4.69) is 36.4 Å². The van der Waals surface area contributed by atoms with Crippen LogP contribution in [0.25, 0.3) is 0 Å². The van der Waals surface area contributed by atoms with Crippen LogP contribution in [0.2, 0.25) is 0 Å². The molecule has 1 heterocycles.